The normalized spacial score (nSPS) is 48.2. The quantitative estimate of drug-likeness (QED) is 0.551. The molecule has 2 bridgehead atoms. The number of rotatable bonds is 0. The molecule has 0 aromatic carbocycles. The second kappa shape index (κ2) is 2.84. The summed E-state index contributed by atoms with van der Waals surface area (Å²) in [7, 11) is 0. The number of carbonyl (C=O) groups excluding carboxylic acids is 1. The lowest BCUT2D eigenvalue weighted by atomic mass is 9.49. The summed E-state index contributed by atoms with van der Waals surface area (Å²) in [4.78, 5) is 11.7. The molecule has 1 heteroatoms. The SMILES string of the molecule is C=C1C[C@@]23C=CC(=O)[C@@H](C)C2C[C@@H]1CC3. The van der Waals surface area contributed by atoms with E-state index in [1.807, 2.05) is 6.08 Å². The minimum absolute atomic E-state index is 0.242. The van der Waals surface area contributed by atoms with Gasteiger partial charge in [-0.2, -0.15) is 0 Å². The van der Waals surface area contributed by atoms with Crippen LogP contribution in [0.5, 0.6) is 0 Å². The Morgan fingerprint density at radius 3 is 3.07 bits per heavy atom. The first kappa shape index (κ1) is 9.38. The van der Waals surface area contributed by atoms with Crippen molar-refractivity contribution >= 4 is 5.78 Å². The van der Waals surface area contributed by atoms with Gasteiger partial charge in [0.15, 0.2) is 5.78 Å². The van der Waals surface area contributed by atoms with E-state index in [4.69, 9.17) is 0 Å². The highest BCUT2D eigenvalue weighted by Gasteiger charge is 2.52. The van der Waals surface area contributed by atoms with Crippen LogP contribution in [0.25, 0.3) is 0 Å². The molecular weight excluding hydrogens is 184 g/mol. The zero-order valence-electron chi connectivity index (χ0n) is 9.33. The number of ketones is 1. The van der Waals surface area contributed by atoms with Crippen LogP contribution in [0, 0.1) is 23.2 Å². The summed E-state index contributed by atoms with van der Waals surface area (Å²) in [6.07, 6.45) is 8.95. The number of allylic oxidation sites excluding steroid dienone is 3. The van der Waals surface area contributed by atoms with Crippen molar-refractivity contribution in [1.29, 1.82) is 0 Å². The molecule has 0 aromatic rings. The van der Waals surface area contributed by atoms with Crippen LogP contribution in [0.1, 0.15) is 32.6 Å². The summed E-state index contributed by atoms with van der Waals surface area (Å²) in [5, 5.41) is 0. The Labute approximate surface area is 91.2 Å². The molecule has 4 rings (SSSR count). The predicted octanol–water partition coefficient (Wildman–Crippen LogP) is 3.12. The first-order valence-corrected chi connectivity index (χ1v) is 6.03. The smallest absolute Gasteiger partial charge is 0.158 e. The molecular formula is C14H18O. The second-order valence-electron chi connectivity index (χ2n) is 5.67. The van der Waals surface area contributed by atoms with E-state index in [0.717, 1.165) is 6.42 Å². The van der Waals surface area contributed by atoms with E-state index in [-0.39, 0.29) is 5.92 Å². The molecule has 0 saturated heterocycles. The van der Waals surface area contributed by atoms with Crippen molar-refractivity contribution in [3.05, 3.63) is 24.3 Å². The molecule has 0 radical (unpaired) electrons. The molecule has 15 heavy (non-hydrogen) atoms. The summed E-state index contributed by atoms with van der Waals surface area (Å²) in [5.74, 6) is 1.88. The third-order valence-corrected chi connectivity index (χ3v) is 5.00. The Balaban J connectivity index is 2.05. The molecule has 80 valence electrons. The minimum Gasteiger partial charge on any atom is -0.295 e. The van der Waals surface area contributed by atoms with Crippen LogP contribution < -0.4 is 0 Å². The van der Waals surface area contributed by atoms with Gasteiger partial charge in [0, 0.05) is 5.92 Å². The van der Waals surface area contributed by atoms with Gasteiger partial charge < -0.3 is 0 Å². The van der Waals surface area contributed by atoms with Crippen LogP contribution in [0.3, 0.4) is 0 Å². The first-order valence-electron chi connectivity index (χ1n) is 6.03. The molecule has 0 N–H and O–H groups in total. The van der Waals surface area contributed by atoms with Crippen LogP contribution in [0.15, 0.2) is 24.3 Å². The maximum absolute atomic E-state index is 11.7. The number of hydrogen-bond donors (Lipinski definition) is 0. The third-order valence-electron chi connectivity index (χ3n) is 5.00. The van der Waals surface area contributed by atoms with Crippen LogP contribution in [0.4, 0.5) is 0 Å². The van der Waals surface area contributed by atoms with Gasteiger partial charge in [-0.1, -0.05) is 25.2 Å². The second-order valence-corrected chi connectivity index (χ2v) is 5.67. The molecule has 4 aliphatic carbocycles. The lowest BCUT2D eigenvalue weighted by molar-refractivity contribution is -0.124. The lowest BCUT2D eigenvalue weighted by Crippen LogP contribution is -2.48. The zero-order chi connectivity index (χ0) is 10.6. The molecule has 1 spiro atoms. The van der Waals surface area contributed by atoms with Gasteiger partial charge in [0.25, 0.3) is 0 Å². The predicted molar refractivity (Wildman–Crippen MR) is 60.3 cm³/mol. The lowest BCUT2D eigenvalue weighted by Gasteiger charge is -2.55. The molecule has 3 saturated carbocycles. The fourth-order valence-corrected chi connectivity index (χ4v) is 4.01. The van der Waals surface area contributed by atoms with Gasteiger partial charge in [-0.15, -0.1) is 0 Å². The standard InChI is InChI=1S/C14H18O/c1-9-8-14-5-3-11(9)7-12(14)10(2)13(15)4-6-14/h4,6,10-12H,1,3,5,7-8H2,2H3/t10-,11-,12?,14+/m0/s1. The van der Waals surface area contributed by atoms with E-state index in [9.17, 15) is 4.79 Å². The van der Waals surface area contributed by atoms with E-state index in [0.29, 0.717) is 23.0 Å². The number of fused-ring (bicyclic) bond motifs is 2. The highest BCUT2D eigenvalue weighted by molar-refractivity contribution is 5.93. The molecule has 4 aliphatic rings. The fraction of sp³-hybridized carbons (Fsp3) is 0.643. The average Bonchev–Trinajstić information content (AvgIpc) is 2.24. The third kappa shape index (κ3) is 1.12. The van der Waals surface area contributed by atoms with E-state index >= 15 is 0 Å². The Hall–Kier alpha value is -0.850. The Morgan fingerprint density at radius 1 is 1.53 bits per heavy atom. The van der Waals surface area contributed by atoms with Crippen LogP contribution in [-0.4, -0.2) is 5.78 Å². The molecule has 1 unspecified atom stereocenters. The summed E-state index contributed by atoms with van der Waals surface area (Å²) < 4.78 is 0. The van der Waals surface area contributed by atoms with E-state index < -0.39 is 0 Å². The summed E-state index contributed by atoms with van der Waals surface area (Å²) in [5.41, 5.74) is 1.74. The molecule has 4 atom stereocenters. The summed E-state index contributed by atoms with van der Waals surface area (Å²) >= 11 is 0. The highest BCUT2D eigenvalue weighted by atomic mass is 16.1. The van der Waals surface area contributed by atoms with Crippen molar-refractivity contribution in [3.63, 3.8) is 0 Å². The Morgan fingerprint density at radius 2 is 2.33 bits per heavy atom. The van der Waals surface area contributed by atoms with Gasteiger partial charge in [0.05, 0.1) is 0 Å². The molecule has 0 heterocycles. The van der Waals surface area contributed by atoms with Crippen molar-refractivity contribution in [3.8, 4) is 0 Å². The average molecular weight is 202 g/mol. The summed E-state index contributed by atoms with van der Waals surface area (Å²) in [6, 6.07) is 0. The van der Waals surface area contributed by atoms with Gasteiger partial charge in [0.2, 0.25) is 0 Å². The maximum atomic E-state index is 11.7. The van der Waals surface area contributed by atoms with Crippen LogP contribution in [0.2, 0.25) is 0 Å². The van der Waals surface area contributed by atoms with E-state index in [1.54, 1.807) is 0 Å². The van der Waals surface area contributed by atoms with Crippen LogP contribution >= 0.6 is 0 Å². The minimum atomic E-state index is 0.242. The largest absolute Gasteiger partial charge is 0.295 e. The van der Waals surface area contributed by atoms with Crippen molar-refractivity contribution < 1.29 is 4.79 Å². The summed E-state index contributed by atoms with van der Waals surface area (Å²) in [6.45, 7) is 6.32. The first-order chi connectivity index (χ1) is 7.12. The van der Waals surface area contributed by atoms with Gasteiger partial charge in [-0.05, 0) is 49.0 Å². The number of hydrogen-bond acceptors (Lipinski definition) is 1. The van der Waals surface area contributed by atoms with Crippen LogP contribution in [-0.2, 0) is 4.79 Å². The van der Waals surface area contributed by atoms with Crippen molar-refractivity contribution in [2.75, 3.05) is 0 Å². The number of carbonyl (C=O) groups is 1. The molecule has 0 aliphatic heterocycles. The van der Waals surface area contributed by atoms with E-state index in [2.05, 4.69) is 19.6 Å². The van der Waals surface area contributed by atoms with E-state index in [1.165, 1.54) is 24.8 Å². The van der Waals surface area contributed by atoms with Crippen molar-refractivity contribution in [2.45, 2.75) is 32.6 Å². The van der Waals surface area contributed by atoms with Crippen molar-refractivity contribution in [1.82, 2.24) is 0 Å². The molecule has 3 fully saturated rings. The monoisotopic (exact) mass is 202 g/mol. The highest BCUT2D eigenvalue weighted by Crippen LogP contribution is 2.59. The van der Waals surface area contributed by atoms with Gasteiger partial charge in [-0.3, -0.25) is 4.79 Å². The Kier molecular flexibility index (Phi) is 1.78. The Bertz CT molecular complexity index is 366. The fourth-order valence-electron chi connectivity index (χ4n) is 4.01. The molecule has 1 nitrogen and oxygen atoms in total. The van der Waals surface area contributed by atoms with Gasteiger partial charge in [-0.25, -0.2) is 0 Å². The maximum Gasteiger partial charge on any atom is 0.158 e. The zero-order valence-corrected chi connectivity index (χ0v) is 9.33. The van der Waals surface area contributed by atoms with Gasteiger partial charge in [0.1, 0.15) is 0 Å². The molecule has 0 aromatic heterocycles. The van der Waals surface area contributed by atoms with Gasteiger partial charge >= 0.3 is 0 Å². The van der Waals surface area contributed by atoms with Crippen molar-refractivity contribution in [2.24, 2.45) is 23.2 Å². The topological polar surface area (TPSA) is 17.1 Å². The molecule has 0 amide bonds.